The van der Waals surface area contributed by atoms with Gasteiger partial charge in [0.2, 0.25) is 0 Å². The van der Waals surface area contributed by atoms with Crippen LogP contribution in [0.4, 0.5) is 0 Å². The summed E-state index contributed by atoms with van der Waals surface area (Å²) < 4.78 is 0. The number of carboxylic acids is 1. The highest BCUT2D eigenvalue weighted by Gasteiger charge is 2.01. The second-order valence-corrected chi connectivity index (χ2v) is 4.51. The van der Waals surface area contributed by atoms with Crippen molar-refractivity contribution >= 4 is 17.7 Å². The molecule has 0 unspecified atom stereocenters. The number of rotatable bonds is 6. The van der Waals surface area contributed by atoms with Crippen LogP contribution in [0.5, 0.6) is 0 Å². The molecule has 0 aliphatic rings. The van der Waals surface area contributed by atoms with E-state index in [1.165, 1.54) is 24.2 Å². The Bertz CT molecular complexity index is 306. The third-order valence-corrected chi connectivity index (χ3v) is 3.23. The number of thioether (sulfide) groups is 1. The summed E-state index contributed by atoms with van der Waals surface area (Å²) in [5.41, 5.74) is 1.55. The van der Waals surface area contributed by atoms with Crippen LogP contribution in [0.1, 0.15) is 35.7 Å². The molecule has 0 bridgehead atoms. The van der Waals surface area contributed by atoms with Crippen molar-refractivity contribution < 1.29 is 9.90 Å². The van der Waals surface area contributed by atoms with Crippen molar-refractivity contribution in [3.8, 4) is 0 Å². The predicted molar refractivity (Wildman–Crippen MR) is 64.5 cm³/mol. The molecule has 1 N–H and O–H groups in total. The summed E-state index contributed by atoms with van der Waals surface area (Å²) in [4.78, 5) is 10.6. The lowest BCUT2D eigenvalue weighted by molar-refractivity contribution is 0.0697. The smallest absolute Gasteiger partial charge is 0.335 e. The third kappa shape index (κ3) is 4.38. The predicted octanol–water partition coefficient (Wildman–Crippen LogP) is 3.42. The molecule has 1 aromatic rings. The maximum atomic E-state index is 10.6. The first-order valence-electron chi connectivity index (χ1n) is 5.14. The minimum absolute atomic E-state index is 0.359. The second-order valence-electron chi connectivity index (χ2n) is 3.41. The molecule has 0 aliphatic carbocycles. The Morgan fingerprint density at radius 3 is 2.53 bits per heavy atom. The van der Waals surface area contributed by atoms with Crippen LogP contribution in [0, 0.1) is 0 Å². The van der Waals surface area contributed by atoms with Crippen molar-refractivity contribution in [3.05, 3.63) is 35.4 Å². The average molecular weight is 224 g/mol. The fourth-order valence-corrected chi connectivity index (χ4v) is 2.25. The molecule has 0 amide bonds. The normalized spacial score (nSPS) is 10.2. The number of hydrogen-bond acceptors (Lipinski definition) is 2. The second kappa shape index (κ2) is 6.51. The summed E-state index contributed by atoms with van der Waals surface area (Å²) in [6.07, 6.45) is 2.48. The zero-order valence-corrected chi connectivity index (χ0v) is 9.72. The van der Waals surface area contributed by atoms with E-state index in [1.54, 1.807) is 12.1 Å². The Hall–Kier alpha value is -0.960. The standard InChI is InChI=1S/C12H16O2S/c1-2-3-8-15-9-10-4-6-11(7-5-10)12(13)14/h4-7H,2-3,8-9H2,1H3,(H,13,14). The van der Waals surface area contributed by atoms with E-state index in [0.29, 0.717) is 5.56 Å². The van der Waals surface area contributed by atoms with Gasteiger partial charge in [-0.1, -0.05) is 25.5 Å². The molecule has 2 nitrogen and oxygen atoms in total. The molecule has 0 aromatic heterocycles. The van der Waals surface area contributed by atoms with E-state index >= 15 is 0 Å². The summed E-state index contributed by atoms with van der Waals surface area (Å²) >= 11 is 1.90. The third-order valence-electron chi connectivity index (χ3n) is 2.11. The van der Waals surface area contributed by atoms with Gasteiger partial charge in [-0.05, 0) is 29.9 Å². The highest BCUT2D eigenvalue weighted by Crippen LogP contribution is 2.14. The number of carboxylic acid groups (broad SMARTS) is 1. The molecule has 0 fully saturated rings. The molecule has 0 radical (unpaired) electrons. The van der Waals surface area contributed by atoms with E-state index in [4.69, 9.17) is 5.11 Å². The Morgan fingerprint density at radius 1 is 1.33 bits per heavy atom. The molecule has 0 atom stereocenters. The largest absolute Gasteiger partial charge is 0.478 e. The Morgan fingerprint density at radius 2 is 2.00 bits per heavy atom. The van der Waals surface area contributed by atoms with Crippen LogP contribution in [0.2, 0.25) is 0 Å². The number of benzene rings is 1. The van der Waals surface area contributed by atoms with Gasteiger partial charge in [0, 0.05) is 5.75 Å². The van der Waals surface area contributed by atoms with Gasteiger partial charge in [0.05, 0.1) is 5.56 Å². The van der Waals surface area contributed by atoms with E-state index < -0.39 is 5.97 Å². The van der Waals surface area contributed by atoms with Crippen molar-refractivity contribution in [2.75, 3.05) is 5.75 Å². The van der Waals surface area contributed by atoms with Crippen molar-refractivity contribution in [2.45, 2.75) is 25.5 Å². The van der Waals surface area contributed by atoms with E-state index in [1.807, 2.05) is 23.9 Å². The molecule has 15 heavy (non-hydrogen) atoms. The first-order chi connectivity index (χ1) is 7.24. The molecule has 3 heteroatoms. The quantitative estimate of drug-likeness (QED) is 0.752. The first kappa shape index (κ1) is 12.1. The maximum absolute atomic E-state index is 10.6. The van der Waals surface area contributed by atoms with Gasteiger partial charge < -0.3 is 5.11 Å². The van der Waals surface area contributed by atoms with Gasteiger partial charge in [0.15, 0.2) is 0 Å². The lowest BCUT2D eigenvalue weighted by Gasteiger charge is -2.01. The van der Waals surface area contributed by atoms with Gasteiger partial charge in [-0.3, -0.25) is 0 Å². The molecular weight excluding hydrogens is 208 g/mol. The SMILES string of the molecule is CCCCSCc1ccc(C(=O)O)cc1. The maximum Gasteiger partial charge on any atom is 0.335 e. The van der Waals surface area contributed by atoms with Crippen LogP contribution < -0.4 is 0 Å². The zero-order valence-electron chi connectivity index (χ0n) is 8.90. The van der Waals surface area contributed by atoms with E-state index in [-0.39, 0.29) is 0 Å². The molecular formula is C12H16O2S. The number of carbonyl (C=O) groups is 1. The van der Waals surface area contributed by atoms with Crippen LogP contribution in [-0.2, 0) is 5.75 Å². The summed E-state index contributed by atoms with van der Waals surface area (Å²) in [5, 5.41) is 8.72. The highest BCUT2D eigenvalue weighted by molar-refractivity contribution is 7.98. The van der Waals surface area contributed by atoms with E-state index in [9.17, 15) is 4.79 Å². The van der Waals surface area contributed by atoms with Gasteiger partial charge >= 0.3 is 5.97 Å². The Balaban J connectivity index is 2.39. The van der Waals surface area contributed by atoms with Crippen molar-refractivity contribution in [1.29, 1.82) is 0 Å². The molecule has 0 saturated carbocycles. The van der Waals surface area contributed by atoms with Crippen molar-refractivity contribution in [2.24, 2.45) is 0 Å². The summed E-state index contributed by atoms with van der Waals surface area (Å²) in [6, 6.07) is 7.11. The van der Waals surface area contributed by atoms with Crippen molar-refractivity contribution in [3.63, 3.8) is 0 Å². The van der Waals surface area contributed by atoms with Gasteiger partial charge in [0.25, 0.3) is 0 Å². The molecule has 0 aliphatic heterocycles. The van der Waals surface area contributed by atoms with Crippen molar-refractivity contribution in [1.82, 2.24) is 0 Å². The van der Waals surface area contributed by atoms with E-state index in [2.05, 4.69) is 6.92 Å². The lowest BCUT2D eigenvalue weighted by atomic mass is 10.1. The molecule has 0 saturated heterocycles. The van der Waals surface area contributed by atoms with Gasteiger partial charge in [-0.15, -0.1) is 0 Å². The van der Waals surface area contributed by atoms with Gasteiger partial charge in [0.1, 0.15) is 0 Å². The average Bonchev–Trinajstić information content (AvgIpc) is 2.25. The van der Waals surface area contributed by atoms with E-state index in [0.717, 1.165) is 5.75 Å². The van der Waals surface area contributed by atoms with Gasteiger partial charge in [-0.2, -0.15) is 11.8 Å². The topological polar surface area (TPSA) is 37.3 Å². The summed E-state index contributed by atoms with van der Waals surface area (Å²) in [6.45, 7) is 2.18. The number of unbranched alkanes of at least 4 members (excludes halogenated alkanes) is 1. The number of hydrogen-bond donors (Lipinski definition) is 1. The lowest BCUT2D eigenvalue weighted by Crippen LogP contribution is -1.95. The fraction of sp³-hybridized carbons (Fsp3) is 0.417. The Kier molecular flexibility index (Phi) is 5.26. The molecule has 0 heterocycles. The molecule has 1 aromatic carbocycles. The fourth-order valence-electron chi connectivity index (χ4n) is 1.18. The first-order valence-corrected chi connectivity index (χ1v) is 6.29. The minimum atomic E-state index is -0.861. The monoisotopic (exact) mass is 224 g/mol. The van der Waals surface area contributed by atoms with Crippen LogP contribution in [0.3, 0.4) is 0 Å². The van der Waals surface area contributed by atoms with Gasteiger partial charge in [-0.25, -0.2) is 4.79 Å². The Labute approximate surface area is 94.7 Å². The molecule has 82 valence electrons. The van der Waals surface area contributed by atoms with Crippen LogP contribution in [0.15, 0.2) is 24.3 Å². The van der Waals surface area contributed by atoms with Crippen LogP contribution in [-0.4, -0.2) is 16.8 Å². The van der Waals surface area contributed by atoms with Crippen LogP contribution in [0.25, 0.3) is 0 Å². The number of aromatic carboxylic acids is 1. The molecule has 1 rings (SSSR count). The zero-order chi connectivity index (χ0) is 11.1. The summed E-state index contributed by atoms with van der Waals surface area (Å²) in [7, 11) is 0. The van der Waals surface area contributed by atoms with Crippen LogP contribution >= 0.6 is 11.8 Å². The highest BCUT2D eigenvalue weighted by atomic mass is 32.2. The minimum Gasteiger partial charge on any atom is -0.478 e. The molecule has 0 spiro atoms. The summed E-state index contributed by atoms with van der Waals surface area (Å²) in [5.74, 6) is 1.29.